The Morgan fingerprint density at radius 1 is 0.960 bits per heavy atom. The predicted molar refractivity (Wildman–Crippen MR) is 99.0 cm³/mol. The van der Waals surface area contributed by atoms with E-state index in [0.29, 0.717) is 5.69 Å². The van der Waals surface area contributed by atoms with Crippen molar-refractivity contribution in [1.29, 1.82) is 0 Å². The molecule has 0 radical (unpaired) electrons. The first-order valence-electron chi connectivity index (χ1n) is 8.15. The van der Waals surface area contributed by atoms with Gasteiger partial charge in [-0.15, -0.1) is 0 Å². The van der Waals surface area contributed by atoms with Crippen LogP contribution in [0.4, 0.5) is 5.69 Å². The molecule has 0 spiro atoms. The maximum atomic E-state index is 12.3. The fraction of sp³-hybridized carbons (Fsp3) is 0.143. The van der Waals surface area contributed by atoms with Gasteiger partial charge >= 0.3 is 5.97 Å². The van der Waals surface area contributed by atoms with E-state index in [1.165, 1.54) is 11.5 Å². The van der Waals surface area contributed by atoms with Crippen molar-refractivity contribution in [2.75, 3.05) is 5.32 Å². The summed E-state index contributed by atoms with van der Waals surface area (Å²) in [6, 6.07) is 20.7. The van der Waals surface area contributed by atoms with Gasteiger partial charge < -0.3 is 10.4 Å². The standard InChI is InChI=1S/C21H19NO3/c1-14(16-11-10-15-6-2-3-7-17(15)13-16)12-20(23)22-19-9-5-4-8-18(19)21(24)25/h2-11,13-14H,12H2,1H3,(H,22,23)(H,24,25). The summed E-state index contributed by atoms with van der Waals surface area (Å²) in [5, 5.41) is 14.2. The second-order valence-electron chi connectivity index (χ2n) is 6.11. The molecule has 0 aromatic heterocycles. The van der Waals surface area contributed by atoms with Crippen LogP contribution in [0.2, 0.25) is 0 Å². The van der Waals surface area contributed by atoms with Crippen molar-refractivity contribution >= 4 is 28.3 Å². The minimum Gasteiger partial charge on any atom is -0.478 e. The van der Waals surface area contributed by atoms with Crippen LogP contribution in [0.3, 0.4) is 0 Å². The lowest BCUT2D eigenvalue weighted by atomic mass is 9.95. The van der Waals surface area contributed by atoms with Gasteiger partial charge in [0.05, 0.1) is 11.3 Å². The third-order valence-corrected chi connectivity index (χ3v) is 4.27. The molecule has 0 fully saturated rings. The van der Waals surface area contributed by atoms with Gasteiger partial charge in [0.1, 0.15) is 0 Å². The Kier molecular flexibility index (Phi) is 4.80. The van der Waals surface area contributed by atoms with E-state index in [-0.39, 0.29) is 23.8 Å². The molecule has 2 N–H and O–H groups in total. The molecule has 0 aliphatic rings. The summed E-state index contributed by atoms with van der Waals surface area (Å²) in [5.74, 6) is -1.23. The number of fused-ring (bicyclic) bond motifs is 1. The second-order valence-corrected chi connectivity index (χ2v) is 6.11. The number of amides is 1. The maximum Gasteiger partial charge on any atom is 0.337 e. The molecule has 0 saturated heterocycles. The number of benzene rings is 3. The molecule has 0 bridgehead atoms. The lowest BCUT2D eigenvalue weighted by Gasteiger charge is -2.14. The van der Waals surface area contributed by atoms with Gasteiger partial charge in [-0.05, 0) is 34.4 Å². The van der Waals surface area contributed by atoms with Crippen LogP contribution in [0.25, 0.3) is 10.8 Å². The lowest BCUT2D eigenvalue weighted by molar-refractivity contribution is -0.116. The van der Waals surface area contributed by atoms with Crippen LogP contribution >= 0.6 is 0 Å². The quantitative estimate of drug-likeness (QED) is 0.713. The summed E-state index contributed by atoms with van der Waals surface area (Å²) >= 11 is 0. The molecule has 3 aromatic carbocycles. The van der Waals surface area contributed by atoms with E-state index in [1.807, 2.05) is 25.1 Å². The number of carbonyl (C=O) groups is 2. The van der Waals surface area contributed by atoms with Crippen LogP contribution in [0.5, 0.6) is 0 Å². The SMILES string of the molecule is CC(CC(=O)Nc1ccccc1C(=O)O)c1ccc2ccccc2c1. The van der Waals surface area contributed by atoms with Gasteiger partial charge in [0.2, 0.25) is 5.91 Å². The number of carbonyl (C=O) groups excluding carboxylic acids is 1. The lowest BCUT2D eigenvalue weighted by Crippen LogP contribution is -2.16. The minimum atomic E-state index is -1.06. The molecule has 0 saturated carbocycles. The average Bonchev–Trinajstić information content (AvgIpc) is 2.61. The zero-order valence-corrected chi connectivity index (χ0v) is 13.9. The third-order valence-electron chi connectivity index (χ3n) is 4.27. The first-order chi connectivity index (χ1) is 12.0. The third kappa shape index (κ3) is 3.86. The number of hydrogen-bond acceptors (Lipinski definition) is 2. The van der Waals surface area contributed by atoms with Gasteiger partial charge in [-0.3, -0.25) is 4.79 Å². The van der Waals surface area contributed by atoms with Crippen LogP contribution < -0.4 is 5.32 Å². The number of para-hydroxylation sites is 1. The molecular weight excluding hydrogens is 314 g/mol. The number of rotatable bonds is 5. The molecular formula is C21H19NO3. The van der Waals surface area contributed by atoms with Crippen molar-refractivity contribution in [1.82, 2.24) is 0 Å². The van der Waals surface area contributed by atoms with Crippen LogP contribution in [0.1, 0.15) is 35.2 Å². The molecule has 3 aromatic rings. The summed E-state index contributed by atoms with van der Waals surface area (Å²) in [4.78, 5) is 23.6. The van der Waals surface area contributed by atoms with Crippen LogP contribution in [0, 0.1) is 0 Å². The van der Waals surface area contributed by atoms with Crippen molar-refractivity contribution in [2.45, 2.75) is 19.3 Å². The van der Waals surface area contributed by atoms with Crippen LogP contribution in [-0.2, 0) is 4.79 Å². The Balaban J connectivity index is 1.73. The first kappa shape index (κ1) is 16.7. The molecule has 4 nitrogen and oxygen atoms in total. The van der Waals surface area contributed by atoms with Crippen LogP contribution in [0.15, 0.2) is 66.7 Å². The normalized spacial score (nSPS) is 11.9. The van der Waals surface area contributed by atoms with E-state index in [4.69, 9.17) is 0 Å². The number of carboxylic acids is 1. The average molecular weight is 333 g/mol. The van der Waals surface area contributed by atoms with Gasteiger partial charge in [-0.25, -0.2) is 4.79 Å². The van der Waals surface area contributed by atoms with E-state index in [9.17, 15) is 14.7 Å². The van der Waals surface area contributed by atoms with Crippen molar-refractivity contribution in [3.05, 3.63) is 77.9 Å². The minimum absolute atomic E-state index is 0.0293. The van der Waals surface area contributed by atoms with Crippen LogP contribution in [-0.4, -0.2) is 17.0 Å². The Hall–Kier alpha value is -3.14. The summed E-state index contributed by atoms with van der Waals surface area (Å²) in [6.07, 6.45) is 0.284. The fourth-order valence-corrected chi connectivity index (χ4v) is 2.89. The molecule has 0 aliphatic carbocycles. The van der Waals surface area contributed by atoms with Crippen molar-refractivity contribution in [2.24, 2.45) is 0 Å². The number of nitrogens with one attached hydrogen (secondary N) is 1. The van der Waals surface area contributed by atoms with Gasteiger partial charge in [0, 0.05) is 6.42 Å². The monoisotopic (exact) mass is 333 g/mol. The number of anilines is 1. The number of hydrogen-bond donors (Lipinski definition) is 2. The smallest absolute Gasteiger partial charge is 0.337 e. The van der Waals surface area contributed by atoms with E-state index in [1.54, 1.807) is 18.2 Å². The zero-order chi connectivity index (χ0) is 17.8. The topological polar surface area (TPSA) is 66.4 Å². The Morgan fingerprint density at radius 3 is 2.40 bits per heavy atom. The molecule has 4 heteroatoms. The highest BCUT2D eigenvalue weighted by molar-refractivity contribution is 6.00. The largest absolute Gasteiger partial charge is 0.478 e. The van der Waals surface area contributed by atoms with Gasteiger partial charge in [0.15, 0.2) is 0 Å². The molecule has 1 unspecified atom stereocenters. The molecule has 0 heterocycles. The van der Waals surface area contributed by atoms with Gasteiger partial charge in [-0.1, -0.05) is 61.5 Å². The Labute approximate surface area is 146 Å². The Bertz CT molecular complexity index is 933. The van der Waals surface area contributed by atoms with E-state index in [2.05, 4.69) is 29.6 Å². The highest BCUT2D eigenvalue weighted by Gasteiger charge is 2.15. The molecule has 3 rings (SSSR count). The van der Waals surface area contributed by atoms with Crippen molar-refractivity contribution in [3.8, 4) is 0 Å². The van der Waals surface area contributed by atoms with Gasteiger partial charge in [0.25, 0.3) is 0 Å². The summed E-state index contributed by atoms with van der Waals surface area (Å²) < 4.78 is 0. The summed E-state index contributed by atoms with van der Waals surface area (Å²) in [5.41, 5.74) is 1.50. The fourth-order valence-electron chi connectivity index (χ4n) is 2.89. The number of aromatic carboxylic acids is 1. The molecule has 25 heavy (non-hydrogen) atoms. The van der Waals surface area contributed by atoms with E-state index >= 15 is 0 Å². The Morgan fingerprint density at radius 2 is 1.64 bits per heavy atom. The molecule has 0 aliphatic heterocycles. The first-order valence-corrected chi connectivity index (χ1v) is 8.15. The maximum absolute atomic E-state index is 12.3. The molecule has 1 amide bonds. The van der Waals surface area contributed by atoms with Crippen molar-refractivity contribution < 1.29 is 14.7 Å². The van der Waals surface area contributed by atoms with E-state index < -0.39 is 5.97 Å². The number of carboxylic acid groups (broad SMARTS) is 1. The summed E-state index contributed by atoms with van der Waals surface area (Å²) in [7, 11) is 0. The molecule has 1 atom stereocenters. The second kappa shape index (κ2) is 7.18. The summed E-state index contributed by atoms with van der Waals surface area (Å²) in [6.45, 7) is 1.99. The zero-order valence-electron chi connectivity index (χ0n) is 13.9. The predicted octanol–water partition coefficient (Wildman–Crippen LogP) is 4.67. The highest BCUT2D eigenvalue weighted by atomic mass is 16.4. The molecule has 126 valence electrons. The van der Waals surface area contributed by atoms with Crippen molar-refractivity contribution in [3.63, 3.8) is 0 Å². The van der Waals surface area contributed by atoms with E-state index in [0.717, 1.165) is 10.9 Å². The highest BCUT2D eigenvalue weighted by Crippen LogP contribution is 2.25. The van der Waals surface area contributed by atoms with Gasteiger partial charge in [-0.2, -0.15) is 0 Å².